The van der Waals surface area contributed by atoms with Crippen molar-refractivity contribution in [3.8, 4) is 0 Å². The number of anilines is 1. The van der Waals surface area contributed by atoms with Crippen LogP contribution in [0.25, 0.3) is 0 Å². The number of nitrogens with zero attached hydrogens (tertiary/aromatic N) is 1. The van der Waals surface area contributed by atoms with E-state index in [0.29, 0.717) is 17.8 Å². The lowest BCUT2D eigenvalue weighted by Crippen LogP contribution is -2.57. The van der Waals surface area contributed by atoms with E-state index in [4.69, 9.17) is 0 Å². The normalized spacial score (nSPS) is 20.3. The first-order chi connectivity index (χ1) is 12.8. The lowest BCUT2D eigenvalue weighted by Gasteiger charge is -2.38. The summed E-state index contributed by atoms with van der Waals surface area (Å²) in [6.45, 7) is 5.41. The maximum absolute atomic E-state index is 13.0. The number of nitrogens with one attached hydrogen (secondary N) is 2. The second-order valence-corrected chi connectivity index (χ2v) is 8.30. The number of hydrogen-bond donors (Lipinski definition) is 2. The van der Waals surface area contributed by atoms with Crippen LogP contribution in [0.3, 0.4) is 0 Å². The van der Waals surface area contributed by atoms with Gasteiger partial charge in [0.15, 0.2) is 0 Å². The van der Waals surface area contributed by atoms with Gasteiger partial charge in [-0.05, 0) is 62.4 Å². The molecule has 0 saturated carbocycles. The van der Waals surface area contributed by atoms with Gasteiger partial charge >= 0.3 is 0 Å². The Balaban J connectivity index is 1.73. The van der Waals surface area contributed by atoms with E-state index in [9.17, 15) is 17.6 Å². The number of hydrogen-bond acceptors (Lipinski definition) is 4. The zero-order chi connectivity index (χ0) is 19.6. The Morgan fingerprint density at radius 1 is 1.11 bits per heavy atom. The maximum Gasteiger partial charge on any atom is 0.261 e. The van der Waals surface area contributed by atoms with Crippen molar-refractivity contribution in [3.63, 3.8) is 0 Å². The van der Waals surface area contributed by atoms with E-state index in [1.54, 1.807) is 24.3 Å². The predicted octanol–water partition coefficient (Wildman–Crippen LogP) is 2.45. The molecule has 1 aliphatic heterocycles. The molecule has 0 aliphatic carbocycles. The molecule has 6 nitrogen and oxygen atoms in total. The van der Waals surface area contributed by atoms with Gasteiger partial charge in [0, 0.05) is 36.4 Å². The molecule has 0 aromatic heterocycles. The van der Waals surface area contributed by atoms with Crippen LogP contribution >= 0.6 is 0 Å². The lowest BCUT2D eigenvalue weighted by atomic mass is 10.1. The van der Waals surface area contributed by atoms with E-state index >= 15 is 0 Å². The van der Waals surface area contributed by atoms with Crippen molar-refractivity contribution in [2.75, 3.05) is 17.8 Å². The number of rotatable bonds is 4. The second-order valence-electron chi connectivity index (χ2n) is 6.62. The summed E-state index contributed by atoms with van der Waals surface area (Å²) in [5.41, 5.74) is 0.832. The zero-order valence-electron chi connectivity index (χ0n) is 15.1. The van der Waals surface area contributed by atoms with Gasteiger partial charge in [-0.15, -0.1) is 0 Å². The molecule has 144 valence electrons. The van der Waals surface area contributed by atoms with Gasteiger partial charge in [0.25, 0.3) is 15.9 Å². The van der Waals surface area contributed by atoms with Gasteiger partial charge in [-0.1, -0.05) is 0 Å². The molecule has 1 fully saturated rings. The molecule has 27 heavy (non-hydrogen) atoms. The van der Waals surface area contributed by atoms with Crippen molar-refractivity contribution in [1.29, 1.82) is 0 Å². The second kappa shape index (κ2) is 7.66. The first kappa shape index (κ1) is 19.3. The van der Waals surface area contributed by atoms with Crippen molar-refractivity contribution >= 4 is 21.6 Å². The number of benzene rings is 2. The van der Waals surface area contributed by atoms with E-state index in [-0.39, 0.29) is 22.9 Å². The van der Waals surface area contributed by atoms with E-state index in [2.05, 4.69) is 10.0 Å². The molecule has 0 spiro atoms. The highest BCUT2D eigenvalue weighted by Gasteiger charge is 2.28. The molecule has 3 rings (SSSR count). The number of halogens is 1. The van der Waals surface area contributed by atoms with Crippen LogP contribution in [0.15, 0.2) is 53.4 Å². The highest BCUT2D eigenvalue weighted by Crippen LogP contribution is 2.19. The van der Waals surface area contributed by atoms with Crippen molar-refractivity contribution in [2.24, 2.45) is 0 Å². The van der Waals surface area contributed by atoms with Crippen LogP contribution in [0.2, 0.25) is 0 Å². The molecular formula is C19H22FN3O3S. The van der Waals surface area contributed by atoms with E-state index in [1.807, 2.05) is 18.7 Å². The topological polar surface area (TPSA) is 78.5 Å². The summed E-state index contributed by atoms with van der Waals surface area (Å²) in [4.78, 5) is 14.5. The number of piperazine rings is 1. The third-order valence-corrected chi connectivity index (χ3v) is 6.20. The zero-order valence-corrected chi connectivity index (χ0v) is 16.0. The Morgan fingerprint density at radius 3 is 2.37 bits per heavy atom. The fourth-order valence-electron chi connectivity index (χ4n) is 3.02. The molecule has 2 unspecified atom stereocenters. The summed E-state index contributed by atoms with van der Waals surface area (Å²) in [7, 11) is -3.82. The molecule has 2 N–H and O–H groups in total. The summed E-state index contributed by atoms with van der Waals surface area (Å²) >= 11 is 0. The lowest BCUT2D eigenvalue weighted by molar-refractivity contribution is 0.0603. The Hall–Kier alpha value is -2.45. The summed E-state index contributed by atoms with van der Waals surface area (Å²) < 4.78 is 40.1. The van der Waals surface area contributed by atoms with Gasteiger partial charge in [-0.2, -0.15) is 0 Å². The highest BCUT2D eigenvalue weighted by molar-refractivity contribution is 7.92. The minimum Gasteiger partial charge on any atom is -0.333 e. The molecule has 1 aliphatic rings. The Bertz CT molecular complexity index is 914. The first-order valence-corrected chi connectivity index (χ1v) is 10.2. The van der Waals surface area contributed by atoms with E-state index in [1.165, 1.54) is 12.1 Å². The summed E-state index contributed by atoms with van der Waals surface area (Å²) in [5, 5.41) is 3.33. The first-order valence-electron chi connectivity index (χ1n) is 8.71. The molecule has 0 bridgehead atoms. The molecule has 0 radical (unpaired) electrons. The molecule has 1 amide bonds. The van der Waals surface area contributed by atoms with Gasteiger partial charge in [0.05, 0.1) is 4.90 Å². The fourth-order valence-corrected chi connectivity index (χ4v) is 4.08. The number of carbonyl (C=O) groups excluding carboxylic acids is 1. The van der Waals surface area contributed by atoms with Gasteiger partial charge in [-0.25, -0.2) is 12.8 Å². The van der Waals surface area contributed by atoms with Crippen molar-refractivity contribution in [1.82, 2.24) is 10.2 Å². The van der Waals surface area contributed by atoms with Crippen LogP contribution in [0.5, 0.6) is 0 Å². The van der Waals surface area contributed by atoms with Gasteiger partial charge in [0.2, 0.25) is 0 Å². The summed E-state index contributed by atoms with van der Waals surface area (Å²) in [6.07, 6.45) is 0. The van der Waals surface area contributed by atoms with Gasteiger partial charge in [-0.3, -0.25) is 9.52 Å². The molecule has 1 saturated heterocycles. The van der Waals surface area contributed by atoms with Crippen molar-refractivity contribution in [3.05, 3.63) is 59.9 Å². The average molecular weight is 391 g/mol. The third kappa shape index (κ3) is 4.28. The number of carbonyl (C=O) groups is 1. The van der Waals surface area contributed by atoms with E-state index < -0.39 is 15.8 Å². The van der Waals surface area contributed by atoms with Crippen LogP contribution in [0, 0.1) is 5.82 Å². The van der Waals surface area contributed by atoms with Gasteiger partial charge in [0.1, 0.15) is 5.82 Å². The van der Waals surface area contributed by atoms with Crippen LogP contribution in [0.4, 0.5) is 10.1 Å². The van der Waals surface area contributed by atoms with Crippen molar-refractivity contribution < 1.29 is 17.6 Å². The van der Waals surface area contributed by atoms with Crippen LogP contribution in [0.1, 0.15) is 24.2 Å². The van der Waals surface area contributed by atoms with Crippen LogP contribution in [-0.2, 0) is 10.0 Å². The standard InChI is InChI=1S/C19H22FN3O3S/c1-13-14(2)23(12-11-21-13)19(24)15-3-7-17(8-4-15)22-27(25,26)18-9-5-16(20)6-10-18/h3-10,13-14,21-22H,11-12H2,1-2H3. The molecule has 2 aromatic carbocycles. The fraction of sp³-hybridized carbons (Fsp3) is 0.316. The minimum atomic E-state index is -3.82. The SMILES string of the molecule is CC1NCCN(C(=O)c2ccc(NS(=O)(=O)c3ccc(F)cc3)cc2)C1C. The quantitative estimate of drug-likeness (QED) is 0.839. The Morgan fingerprint density at radius 2 is 1.74 bits per heavy atom. The largest absolute Gasteiger partial charge is 0.333 e. The van der Waals surface area contributed by atoms with Crippen LogP contribution in [-0.4, -0.2) is 44.4 Å². The predicted molar refractivity (Wildman–Crippen MR) is 102 cm³/mol. The molecule has 2 aromatic rings. The van der Waals surface area contributed by atoms with Crippen LogP contribution < -0.4 is 10.0 Å². The molecular weight excluding hydrogens is 369 g/mol. The monoisotopic (exact) mass is 391 g/mol. The summed E-state index contributed by atoms with van der Waals surface area (Å²) in [5.74, 6) is -0.586. The molecule has 2 atom stereocenters. The van der Waals surface area contributed by atoms with Crippen molar-refractivity contribution in [2.45, 2.75) is 30.8 Å². The minimum absolute atomic E-state index is 0.0346. The Labute approximate surface area is 158 Å². The molecule has 1 heterocycles. The smallest absolute Gasteiger partial charge is 0.261 e. The molecule has 8 heteroatoms. The van der Waals surface area contributed by atoms with Gasteiger partial charge < -0.3 is 10.2 Å². The third-order valence-electron chi connectivity index (χ3n) is 4.80. The maximum atomic E-state index is 13.0. The number of amides is 1. The van der Waals surface area contributed by atoms with E-state index in [0.717, 1.165) is 18.7 Å². The number of sulfonamides is 1. The average Bonchev–Trinajstić information content (AvgIpc) is 2.64. The Kier molecular flexibility index (Phi) is 5.48. The summed E-state index contributed by atoms with van der Waals surface area (Å²) in [6, 6.07) is 11.2. The highest BCUT2D eigenvalue weighted by atomic mass is 32.2.